The summed E-state index contributed by atoms with van der Waals surface area (Å²) in [6, 6.07) is 6.00. The van der Waals surface area contributed by atoms with Crippen molar-refractivity contribution in [3.8, 4) is 5.75 Å². The van der Waals surface area contributed by atoms with Crippen molar-refractivity contribution in [2.75, 3.05) is 12.4 Å². The lowest BCUT2D eigenvalue weighted by Gasteiger charge is -2.23. The first-order valence-corrected chi connectivity index (χ1v) is 6.57. The fraction of sp³-hybridized carbons (Fsp3) is 0.462. The molecule has 2 rings (SSSR count). The minimum atomic E-state index is -2.95. The van der Waals surface area contributed by atoms with Crippen molar-refractivity contribution in [2.24, 2.45) is 0 Å². The van der Waals surface area contributed by atoms with Crippen LogP contribution in [0.2, 0.25) is 0 Å². The highest BCUT2D eigenvalue weighted by atomic mass is 35.5. The van der Waals surface area contributed by atoms with Gasteiger partial charge >= 0.3 is 6.61 Å². The van der Waals surface area contributed by atoms with Crippen molar-refractivity contribution in [2.45, 2.75) is 25.5 Å². The zero-order valence-corrected chi connectivity index (χ0v) is 10.9. The van der Waals surface area contributed by atoms with Gasteiger partial charge in [0.1, 0.15) is 5.75 Å². The van der Waals surface area contributed by atoms with Gasteiger partial charge in [0.25, 0.3) is 5.91 Å². The Kier molecular flexibility index (Phi) is 4.58. The Morgan fingerprint density at radius 3 is 2.89 bits per heavy atom. The smallest absolute Gasteiger partial charge is 0.387 e. The van der Waals surface area contributed by atoms with Gasteiger partial charge in [-0.05, 0) is 25.0 Å². The van der Waals surface area contributed by atoms with Crippen molar-refractivity contribution >= 4 is 17.5 Å². The van der Waals surface area contributed by atoms with Gasteiger partial charge in [0.05, 0.1) is 5.56 Å². The van der Waals surface area contributed by atoms with E-state index in [1.54, 1.807) is 17.0 Å². The second-order valence-electron chi connectivity index (χ2n) is 4.32. The molecule has 1 unspecified atom stereocenters. The van der Waals surface area contributed by atoms with E-state index in [1.165, 1.54) is 12.1 Å². The second-order valence-corrected chi connectivity index (χ2v) is 4.63. The predicted octanol–water partition coefficient (Wildman–Crippen LogP) is 3.13. The number of ether oxygens (including phenoxy) is 1. The van der Waals surface area contributed by atoms with Gasteiger partial charge in [-0.3, -0.25) is 4.79 Å². The molecule has 0 bridgehead atoms. The first kappa shape index (κ1) is 14.1. The second kappa shape index (κ2) is 6.19. The van der Waals surface area contributed by atoms with Crippen molar-refractivity contribution in [3.05, 3.63) is 29.8 Å². The average Bonchev–Trinajstić information content (AvgIpc) is 2.86. The number of benzene rings is 1. The Morgan fingerprint density at radius 2 is 2.21 bits per heavy atom. The minimum Gasteiger partial charge on any atom is -0.434 e. The van der Waals surface area contributed by atoms with Gasteiger partial charge in [0.2, 0.25) is 0 Å². The van der Waals surface area contributed by atoms with Crippen LogP contribution in [0.1, 0.15) is 23.2 Å². The Morgan fingerprint density at radius 1 is 1.47 bits per heavy atom. The summed E-state index contributed by atoms with van der Waals surface area (Å²) < 4.78 is 29.0. The maximum atomic E-state index is 12.4. The lowest BCUT2D eigenvalue weighted by molar-refractivity contribution is -0.0502. The highest BCUT2D eigenvalue weighted by Crippen LogP contribution is 2.26. The van der Waals surface area contributed by atoms with Crippen LogP contribution in [0.15, 0.2) is 24.3 Å². The lowest BCUT2D eigenvalue weighted by Crippen LogP contribution is -2.36. The molecule has 6 heteroatoms. The van der Waals surface area contributed by atoms with Crippen molar-refractivity contribution in [3.63, 3.8) is 0 Å². The molecule has 1 heterocycles. The van der Waals surface area contributed by atoms with Gasteiger partial charge < -0.3 is 9.64 Å². The van der Waals surface area contributed by atoms with E-state index < -0.39 is 6.61 Å². The molecule has 3 nitrogen and oxygen atoms in total. The molecule has 1 fully saturated rings. The normalized spacial score (nSPS) is 18.9. The fourth-order valence-electron chi connectivity index (χ4n) is 2.26. The van der Waals surface area contributed by atoms with Gasteiger partial charge in [-0.2, -0.15) is 8.78 Å². The van der Waals surface area contributed by atoms with Crippen LogP contribution in [0.3, 0.4) is 0 Å². The summed E-state index contributed by atoms with van der Waals surface area (Å²) in [4.78, 5) is 14.0. The maximum absolute atomic E-state index is 12.4. The van der Waals surface area contributed by atoms with E-state index in [0.717, 1.165) is 12.8 Å². The lowest BCUT2D eigenvalue weighted by atomic mass is 10.1. The van der Waals surface area contributed by atoms with Crippen LogP contribution >= 0.6 is 11.6 Å². The molecular formula is C13H14ClF2NO2. The van der Waals surface area contributed by atoms with Crippen molar-refractivity contribution < 1.29 is 18.3 Å². The van der Waals surface area contributed by atoms with Crippen LogP contribution in [0.5, 0.6) is 5.75 Å². The number of amides is 1. The van der Waals surface area contributed by atoms with Gasteiger partial charge in [0, 0.05) is 18.5 Å². The monoisotopic (exact) mass is 289 g/mol. The molecular weight excluding hydrogens is 276 g/mol. The van der Waals surface area contributed by atoms with E-state index in [-0.39, 0.29) is 23.3 Å². The van der Waals surface area contributed by atoms with Crippen LogP contribution in [-0.2, 0) is 0 Å². The van der Waals surface area contributed by atoms with Crippen LogP contribution in [0.4, 0.5) is 8.78 Å². The summed E-state index contributed by atoms with van der Waals surface area (Å²) in [5, 5.41) is 0. The molecule has 1 aliphatic rings. The highest BCUT2D eigenvalue weighted by Gasteiger charge is 2.30. The number of nitrogens with zero attached hydrogens (tertiary/aromatic N) is 1. The largest absolute Gasteiger partial charge is 0.434 e. The van der Waals surface area contributed by atoms with Crippen molar-refractivity contribution in [1.29, 1.82) is 0 Å². The Labute approximate surface area is 115 Å². The molecule has 104 valence electrons. The SMILES string of the molecule is O=C(c1ccccc1OC(F)F)N1CCCC1CCl. The van der Waals surface area contributed by atoms with Crippen LogP contribution < -0.4 is 4.74 Å². The molecule has 0 spiro atoms. The summed E-state index contributed by atoms with van der Waals surface area (Å²) in [7, 11) is 0. The zero-order chi connectivity index (χ0) is 13.8. The van der Waals surface area contributed by atoms with Gasteiger partial charge in [-0.15, -0.1) is 11.6 Å². The number of carbonyl (C=O) groups is 1. The number of carbonyl (C=O) groups excluding carboxylic acids is 1. The molecule has 1 aromatic carbocycles. The van der Waals surface area contributed by atoms with E-state index in [9.17, 15) is 13.6 Å². The van der Waals surface area contributed by atoms with E-state index in [0.29, 0.717) is 12.4 Å². The summed E-state index contributed by atoms with van der Waals surface area (Å²) in [6.07, 6.45) is 1.72. The van der Waals surface area contributed by atoms with Gasteiger partial charge in [-0.25, -0.2) is 0 Å². The number of alkyl halides is 3. The Balaban J connectivity index is 2.23. The van der Waals surface area contributed by atoms with Crippen LogP contribution in [0.25, 0.3) is 0 Å². The predicted molar refractivity (Wildman–Crippen MR) is 67.9 cm³/mol. The topological polar surface area (TPSA) is 29.5 Å². The number of halogens is 3. The Hall–Kier alpha value is -1.36. The van der Waals surface area contributed by atoms with Crippen LogP contribution in [0, 0.1) is 0 Å². The Bertz CT molecular complexity index is 456. The summed E-state index contributed by atoms with van der Waals surface area (Å²) in [5.41, 5.74) is 0.153. The zero-order valence-electron chi connectivity index (χ0n) is 10.2. The molecule has 0 aliphatic carbocycles. The molecule has 1 amide bonds. The quantitative estimate of drug-likeness (QED) is 0.797. The average molecular weight is 290 g/mol. The summed E-state index contributed by atoms with van der Waals surface area (Å²) in [6.45, 7) is -2.35. The molecule has 1 aliphatic heterocycles. The first-order chi connectivity index (χ1) is 9.13. The van der Waals surface area contributed by atoms with Gasteiger partial charge in [-0.1, -0.05) is 12.1 Å². The molecule has 0 N–H and O–H groups in total. The van der Waals surface area contributed by atoms with E-state index in [4.69, 9.17) is 11.6 Å². The van der Waals surface area contributed by atoms with Crippen molar-refractivity contribution in [1.82, 2.24) is 4.90 Å². The first-order valence-electron chi connectivity index (χ1n) is 6.04. The minimum absolute atomic E-state index is 0.0335. The number of rotatable bonds is 4. The third-order valence-corrected chi connectivity index (χ3v) is 3.51. The summed E-state index contributed by atoms with van der Waals surface area (Å²) in [5.74, 6) is -0.0500. The van der Waals surface area contributed by atoms with Crippen LogP contribution in [-0.4, -0.2) is 35.9 Å². The number of hydrogen-bond donors (Lipinski definition) is 0. The van der Waals surface area contributed by atoms with E-state index in [2.05, 4.69) is 4.74 Å². The molecule has 1 aromatic rings. The van der Waals surface area contributed by atoms with E-state index >= 15 is 0 Å². The molecule has 19 heavy (non-hydrogen) atoms. The molecule has 0 aromatic heterocycles. The molecule has 0 saturated carbocycles. The number of hydrogen-bond acceptors (Lipinski definition) is 2. The third kappa shape index (κ3) is 3.15. The number of likely N-dealkylation sites (tertiary alicyclic amines) is 1. The van der Waals surface area contributed by atoms with E-state index in [1.807, 2.05) is 0 Å². The third-order valence-electron chi connectivity index (χ3n) is 3.15. The fourth-order valence-corrected chi connectivity index (χ4v) is 2.58. The van der Waals surface area contributed by atoms with Gasteiger partial charge in [0.15, 0.2) is 0 Å². The number of para-hydroxylation sites is 1. The maximum Gasteiger partial charge on any atom is 0.387 e. The standard InChI is InChI=1S/C13H14ClF2NO2/c14-8-9-4-3-7-17(9)12(18)10-5-1-2-6-11(10)19-13(15)16/h1-2,5-6,9,13H,3-4,7-8H2. The molecule has 1 atom stereocenters. The molecule has 1 saturated heterocycles. The molecule has 0 radical (unpaired) electrons. The highest BCUT2D eigenvalue weighted by molar-refractivity contribution is 6.18. The summed E-state index contributed by atoms with van der Waals surface area (Å²) >= 11 is 5.81.